The number of methoxy groups -OCH3 is 1. The molecule has 1 fully saturated rings. The Bertz CT molecular complexity index is 502. The fraction of sp³-hybridized carbons (Fsp3) is 0.500. The number of carbonyl (C=O) groups is 1. The first-order chi connectivity index (χ1) is 10.8. The van der Waals surface area contributed by atoms with Gasteiger partial charge in [-0.05, 0) is 18.2 Å². The molecule has 1 aliphatic heterocycles. The third kappa shape index (κ3) is 4.86. The van der Waals surface area contributed by atoms with Crippen LogP contribution in [0.4, 0.5) is 0 Å². The topological polar surface area (TPSA) is 157 Å². The Hall–Kier alpha value is -1.75. The first-order valence-electron chi connectivity index (χ1n) is 6.66. The van der Waals surface area contributed by atoms with E-state index < -0.39 is 37.3 Å². The molecule has 0 spiro atoms. The molecule has 2 rings (SSSR count). The average molecular weight is 332 g/mol. The normalized spacial score (nSPS) is 30.1. The summed E-state index contributed by atoms with van der Waals surface area (Å²) in [5, 5.41) is 53.7. The van der Waals surface area contributed by atoms with E-state index in [-0.39, 0.29) is 5.75 Å². The van der Waals surface area contributed by atoms with Crippen molar-refractivity contribution < 1.29 is 44.9 Å². The summed E-state index contributed by atoms with van der Waals surface area (Å²) in [6, 6.07) is 4.41. The maximum atomic E-state index is 10.2. The number of aliphatic hydroxyl groups excluding tert-OH is 5. The highest BCUT2D eigenvalue weighted by Crippen LogP contribution is 2.25. The van der Waals surface area contributed by atoms with Crippen molar-refractivity contribution in [3.05, 3.63) is 23.8 Å². The highest BCUT2D eigenvalue weighted by molar-refractivity contribution is 5.76. The summed E-state index contributed by atoms with van der Waals surface area (Å²) in [5.74, 6) is 0.354. The zero-order valence-corrected chi connectivity index (χ0v) is 12.3. The van der Waals surface area contributed by atoms with Gasteiger partial charge in [0.2, 0.25) is 0 Å². The SMILES string of the molecule is COc1cc(C=O)ccc1O.OC[C@H]1O[C@H](O)[C@H](O)[C@@H](O)[C@@H]1O. The van der Waals surface area contributed by atoms with Crippen LogP contribution in [0.5, 0.6) is 11.5 Å². The molecule has 130 valence electrons. The molecule has 0 amide bonds. The largest absolute Gasteiger partial charge is 0.504 e. The smallest absolute Gasteiger partial charge is 0.184 e. The van der Waals surface area contributed by atoms with Gasteiger partial charge in [-0.2, -0.15) is 0 Å². The van der Waals surface area contributed by atoms with Crippen molar-refractivity contribution in [3.63, 3.8) is 0 Å². The second-order valence-electron chi connectivity index (χ2n) is 4.77. The lowest BCUT2D eigenvalue weighted by Gasteiger charge is -2.37. The number of phenols is 1. The van der Waals surface area contributed by atoms with Gasteiger partial charge in [-0.3, -0.25) is 4.79 Å². The van der Waals surface area contributed by atoms with Crippen LogP contribution in [0.25, 0.3) is 0 Å². The molecule has 0 bridgehead atoms. The molecule has 0 radical (unpaired) electrons. The maximum Gasteiger partial charge on any atom is 0.184 e. The highest BCUT2D eigenvalue weighted by Gasteiger charge is 2.42. The fourth-order valence-corrected chi connectivity index (χ4v) is 1.85. The Morgan fingerprint density at radius 1 is 1.17 bits per heavy atom. The van der Waals surface area contributed by atoms with E-state index in [1.165, 1.54) is 25.3 Å². The Kier molecular flexibility index (Phi) is 7.36. The summed E-state index contributed by atoms with van der Waals surface area (Å²) in [7, 11) is 1.43. The minimum absolute atomic E-state index is 0.0399. The maximum absolute atomic E-state index is 10.2. The molecule has 6 N–H and O–H groups in total. The molecule has 9 nitrogen and oxygen atoms in total. The van der Waals surface area contributed by atoms with Crippen molar-refractivity contribution in [1.29, 1.82) is 0 Å². The van der Waals surface area contributed by atoms with E-state index in [1.807, 2.05) is 0 Å². The molecule has 5 atom stereocenters. The molecule has 0 saturated carbocycles. The summed E-state index contributed by atoms with van der Waals surface area (Å²) < 4.78 is 9.35. The van der Waals surface area contributed by atoms with Gasteiger partial charge in [0.15, 0.2) is 17.8 Å². The fourth-order valence-electron chi connectivity index (χ4n) is 1.85. The van der Waals surface area contributed by atoms with Gasteiger partial charge in [-0.25, -0.2) is 0 Å². The summed E-state index contributed by atoms with van der Waals surface area (Å²) in [5.41, 5.74) is 0.486. The summed E-state index contributed by atoms with van der Waals surface area (Å²) in [4.78, 5) is 10.2. The van der Waals surface area contributed by atoms with Crippen LogP contribution in [0.3, 0.4) is 0 Å². The first-order valence-corrected chi connectivity index (χ1v) is 6.66. The molecule has 1 aromatic carbocycles. The number of aromatic hydroxyl groups is 1. The van der Waals surface area contributed by atoms with Crippen LogP contribution in [-0.2, 0) is 4.74 Å². The summed E-state index contributed by atoms with van der Waals surface area (Å²) in [6.07, 6.45) is -6.34. The molecule has 9 heteroatoms. The lowest BCUT2D eigenvalue weighted by atomic mass is 10.00. The molecule has 1 saturated heterocycles. The predicted octanol–water partition coefficient (Wildman–Crippen LogP) is -2.01. The van der Waals surface area contributed by atoms with E-state index >= 15 is 0 Å². The van der Waals surface area contributed by atoms with Crippen LogP contribution in [0.1, 0.15) is 10.4 Å². The number of aliphatic hydroxyl groups is 5. The van der Waals surface area contributed by atoms with Crippen molar-refractivity contribution in [2.75, 3.05) is 13.7 Å². The van der Waals surface area contributed by atoms with E-state index in [1.54, 1.807) is 0 Å². The Morgan fingerprint density at radius 2 is 1.83 bits per heavy atom. The molecule has 0 unspecified atom stereocenters. The van der Waals surface area contributed by atoms with Gasteiger partial charge in [-0.15, -0.1) is 0 Å². The Balaban J connectivity index is 0.000000231. The van der Waals surface area contributed by atoms with E-state index in [0.29, 0.717) is 17.6 Å². The Labute approximate surface area is 132 Å². The molecular formula is C14H20O9. The predicted molar refractivity (Wildman–Crippen MR) is 76.0 cm³/mol. The molecule has 1 heterocycles. The van der Waals surface area contributed by atoms with E-state index in [0.717, 1.165) is 0 Å². The van der Waals surface area contributed by atoms with Crippen molar-refractivity contribution in [2.24, 2.45) is 0 Å². The summed E-state index contributed by atoms with van der Waals surface area (Å²) in [6.45, 7) is -0.526. The van der Waals surface area contributed by atoms with Crippen LogP contribution in [0.2, 0.25) is 0 Å². The average Bonchev–Trinajstić information content (AvgIpc) is 2.57. The van der Waals surface area contributed by atoms with Crippen LogP contribution >= 0.6 is 0 Å². The zero-order chi connectivity index (χ0) is 17.6. The Morgan fingerprint density at radius 3 is 2.35 bits per heavy atom. The van der Waals surface area contributed by atoms with E-state index in [2.05, 4.69) is 4.74 Å². The number of ether oxygens (including phenoxy) is 2. The van der Waals surface area contributed by atoms with E-state index in [4.69, 9.17) is 35.4 Å². The van der Waals surface area contributed by atoms with Gasteiger partial charge >= 0.3 is 0 Å². The standard InChI is InChI=1S/C8H8O3.C6H12O6/c1-11-8-4-6(5-9)2-3-7(8)10;7-1-2-3(8)4(9)5(10)6(11)12-2/h2-5,10H,1H3;2-11H,1H2/t;2-,3-,4+,5-,6+/m.1/s1. The molecular weight excluding hydrogens is 312 g/mol. The van der Waals surface area contributed by atoms with Gasteiger partial charge in [0, 0.05) is 5.56 Å². The number of hydrogen-bond acceptors (Lipinski definition) is 9. The number of hydrogen-bond donors (Lipinski definition) is 6. The number of aldehydes is 1. The number of benzene rings is 1. The minimum Gasteiger partial charge on any atom is -0.504 e. The molecule has 23 heavy (non-hydrogen) atoms. The van der Waals surface area contributed by atoms with Crippen LogP contribution < -0.4 is 4.74 Å². The highest BCUT2D eigenvalue weighted by atomic mass is 16.6. The van der Waals surface area contributed by atoms with Crippen LogP contribution in [0.15, 0.2) is 18.2 Å². The molecule has 1 aliphatic rings. The van der Waals surface area contributed by atoms with Crippen molar-refractivity contribution >= 4 is 6.29 Å². The second kappa shape index (κ2) is 8.77. The molecule has 0 aliphatic carbocycles. The first kappa shape index (κ1) is 19.3. The third-order valence-corrected chi connectivity index (χ3v) is 3.21. The van der Waals surface area contributed by atoms with Crippen LogP contribution in [-0.4, -0.2) is 81.3 Å². The number of rotatable bonds is 3. The lowest BCUT2D eigenvalue weighted by molar-refractivity contribution is -0.286. The second-order valence-corrected chi connectivity index (χ2v) is 4.77. The molecule has 0 aromatic heterocycles. The van der Waals surface area contributed by atoms with Crippen LogP contribution in [0, 0.1) is 0 Å². The quantitative estimate of drug-likeness (QED) is 0.344. The van der Waals surface area contributed by atoms with E-state index in [9.17, 15) is 4.79 Å². The minimum atomic E-state index is -1.57. The van der Waals surface area contributed by atoms with Gasteiger partial charge in [0.05, 0.1) is 13.7 Å². The number of carbonyl (C=O) groups excluding carboxylic acids is 1. The van der Waals surface area contributed by atoms with Gasteiger partial charge in [-0.1, -0.05) is 0 Å². The molecule has 1 aromatic rings. The van der Waals surface area contributed by atoms with Gasteiger partial charge in [0.25, 0.3) is 0 Å². The third-order valence-electron chi connectivity index (χ3n) is 3.21. The lowest BCUT2D eigenvalue weighted by Crippen LogP contribution is -2.58. The van der Waals surface area contributed by atoms with Gasteiger partial charge in [0.1, 0.15) is 30.7 Å². The van der Waals surface area contributed by atoms with Crippen molar-refractivity contribution in [3.8, 4) is 11.5 Å². The zero-order valence-electron chi connectivity index (χ0n) is 12.3. The monoisotopic (exact) mass is 332 g/mol. The number of phenolic OH excluding ortho intramolecular Hbond substituents is 1. The van der Waals surface area contributed by atoms with Crippen molar-refractivity contribution in [1.82, 2.24) is 0 Å². The van der Waals surface area contributed by atoms with Gasteiger partial charge < -0.3 is 40.1 Å². The summed E-state index contributed by atoms with van der Waals surface area (Å²) >= 11 is 0. The van der Waals surface area contributed by atoms with Crippen molar-refractivity contribution in [2.45, 2.75) is 30.7 Å².